The average Bonchev–Trinajstić information content (AvgIpc) is 2.67. The Morgan fingerprint density at radius 2 is 2.29 bits per heavy atom. The SMILES string of the molecule is NCc1cnn(C2CCCCC2O)c1. The first-order valence-corrected chi connectivity index (χ1v) is 5.22. The second kappa shape index (κ2) is 4.11. The quantitative estimate of drug-likeness (QED) is 0.734. The summed E-state index contributed by atoms with van der Waals surface area (Å²) >= 11 is 0. The molecule has 2 unspecified atom stereocenters. The molecule has 1 aliphatic carbocycles. The highest BCUT2D eigenvalue weighted by molar-refractivity contribution is 5.04. The van der Waals surface area contributed by atoms with E-state index in [1.165, 1.54) is 6.42 Å². The Morgan fingerprint density at radius 1 is 1.50 bits per heavy atom. The van der Waals surface area contributed by atoms with E-state index in [4.69, 9.17) is 5.73 Å². The zero-order valence-electron chi connectivity index (χ0n) is 8.26. The third kappa shape index (κ3) is 1.81. The zero-order chi connectivity index (χ0) is 9.97. The van der Waals surface area contributed by atoms with Gasteiger partial charge in [0.25, 0.3) is 0 Å². The molecule has 2 rings (SSSR count). The summed E-state index contributed by atoms with van der Waals surface area (Å²) in [5.74, 6) is 0. The fourth-order valence-corrected chi connectivity index (χ4v) is 2.06. The first-order valence-electron chi connectivity index (χ1n) is 5.22. The van der Waals surface area contributed by atoms with E-state index in [1.54, 1.807) is 6.20 Å². The molecule has 14 heavy (non-hydrogen) atoms. The molecular weight excluding hydrogens is 178 g/mol. The van der Waals surface area contributed by atoms with Crippen molar-refractivity contribution in [3.8, 4) is 0 Å². The first kappa shape index (κ1) is 9.68. The van der Waals surface area contributed by atoms with Crippen molar-refractivity contribution in [2.75, 3.05) is 0 Å². The van der Waals surface area contributed by atoms with Crippen LogP contribution in [0.5, 0.6) is 0 Å². The van der Waals surface area contributed by atoms with Crippen molar-refractivity contribution in [2.24, 2.45) is 5.73 Å². The Balaban J connectivity index is 2.12. The van der Waals surface area contributed by atoms with Gasteiger partial charge < -0.3 is 10.8 Å². The van der Waals surface area contributed by atoms with E-state index in [1.807, 2.05) is 10.9 Å². The van der Waals surface area contributed by atoms with E-state index in [0.717, 1.165) is 24.8 Å². The van der Waals surface area contributed by atoms with E-state index in [9.17, 15) is 5.11 Å². The number of aliphatic hydroxyl groups is 1. The van der Waals surface area contributed by atoms with Crippen molar-refractivity contribution in [3.05, 3.63) is 18.0 Å². The molecule has 1 fully saturated rings. The molecule has 0 saturated heterocycles. The minimum absolute atomic E-state index is 0.157. The van der Waals surface area contributed by atoms with E-state index in [0.29, 0.717) is 6.54 Å². The van der Waals surface area contributed by atoms with Gasteiger partial charge in [0.05, 0.1) is 18.3 Å². The van der Waals surface area contributed by atoms with Gasteiger partial charge >= 0.3 is 0 Å². The summed E-state index contributed by atoms with van der Waals surface area (Å²) < 4.78 is 1.87. The third-order valence-corrected chi connectivity index (χ3v) is 2.92. The Morgan fingerprint density at radius 3 is 2.93 bits per heavy atom. The number of rotatable bonds is 2. The summed E-state index contributed by atoms with van der Waals surface area (Å²) in [6, 6.07) is 0.157. The minimum Gasteiger partial charge on any atom is -0.391 e. The molecule has 1 saturated carbocycles. The molecule has 1 aliphatic rings. The summed E-state index contributed by atoms with van der Waals surface area (Å²) in [7, 11) is 0. The Hall–Kier alpha value is -0.870. The summed E-state index contributed by atoms with van der Waals surface area (Å²) in [6.45, 7) is 0.517. The standard InChI is InChI=1S/C10H17N3O/c11-5-8-6-12-13(7-8)9-3-1-2-4-10(9)14/h6-7,9-10,14H,1-5,11H2. The zero-order valence-corrected chi connectivity index (χ0v) is 8.26. The van der Waals surface area contributed by atoms with Crippen molar-refractivity contribution >= 4 is 0 Å². The van der Waals surface area contributed by atoms with Crippen LogP contribution >= 0.6 is 0 Å². The van der Waals surface area contributed by atoms with Crippen LogP contribution in [-0.2, 0) is 6.54 Å². The molecule has 0 aromatic carbocycles. The fraction of sp³-hybridized carbons (Fsp3) is 0.700. The van der Waals surface area contributed by atoms with Crippen molar-refractivity contribution in [1.29, 1.82) is 0 Å². The van der Waals surface area contributed by atoms with Crippen molar-refractivity contribution in [3.63, 3.8) is 0 Å². The highest BCUT2D eigenvalue weighted by atomic mass is 16.3. The molecule has 1 heterocycles. The molecule has 78 valence electrons. The largest absolute Gasteiger partial charge is 0.391 e. The third-order valence-electron chi connectivity index (χ3n) is 2.92. The maximum Gasteiger partial charge on any atom is 0.0778 e. The topological polar surface area (TPSA) is 64.1 Å². The van der Waals surface area contributed by atoms with Gasteiger partial charge in [0.2, 0.25) is 0 Å². The number of aliphatic hydroxyl groups excluding tert-OH is 1. The minimum atomic E-state index is -0.241. The van der Waals surface area contributed by atoms with Crippen LogP contribution in [0.15, 0.2) is 12.4 Å². The lowest BCUT2D eigenvalue weighted by molar-refractivity contribution is 0.0694. The monoisotopic (exact) mass is 195 g/mol. The van der Waals surface area contributed by atoms with Crippen molar-refractivity contribution in [1.82, 2.24) is 9.78 Å². The predicted octanol–water partition coefficient (Wildman–Crippen LogP) is 0.818. The van der Waals surface area contributed by atoms with E-state index in [-0.39, 0.29) is 12.1 Å². The molecule has 4 nitrogen and oxygen atoms in total. The lowest BCUT2D eigenvalue weighted by Gasteiger charge is -2.27. The Bertz CT molecular complexity index is 297. The van der Waals surface area contributed by atoms with Crippen LogP contribution in [0, 0.1) is 0 Å². The second-order valence-corrected chi connectivity index (χ2v) is 3.95. The maximum absolute atomic E-state index is 9.81. The first-order chi connectivity index (χ1) is 6.81. The van der Waals surface area contributed by atoms with Gasteiger partial charge in [-0.05, 0) is 12.8 Å². The molecular formula is C10H17N3O. The number of hydrogen-bond donors (Lipinski definition) is 2. The second-order valence-electron chi connectivity index (χ2n) is 3.95. The van der Waals surface area contributed by atoms with E-state index >= 15 is 0 Å². The number of nitrogens with two attached hydrogens (primary N) is 1. The highest BCUT2D eigenvalue weighted by Crippen LogP contribution is 2.28. The van der Waals surface area contributed by atoms with Crippen LogP contribution in [0.2, 0.25) is 0 Å². The van der Waals surface area contributed by atoms with Crippen LogP contribution < -0.4 is 5.73 Å². The molecule has 0 aliphatic heterocycles. The van der Waals surface area contributed by atoms with Crippen LogP contribution in [0.1, 0.15) is 37.3 Å². The lowest BCUT2D eigenvalue weighted by atomic mass is 9.93. The van der Waals surface area contributed by atoms with Gasteiger partial charge in [0.1, 0.15) is 0 Å². The highest BCUT2D eigenvalue weighted by Gasteiger charge is 2.24. The number of hydrogen-bond acceptors (Lipinski definition) is 3. The summed E-state index contributed by atoms with van der Waals surface area (Å²) in [6.07, 6.45) is 7.70. The molecule has 0 bridgehead atoms. The molecule has 0 radical (unpaired) electrons. The van der Waals surface area contributed by atoms with Gasteiger partial charge in [0.15, 0.2) is 0 Å². The molecule has 2 atom stereocenters. The van der Waals surface area contributed by atoms with Crippen LogP contribution in [-0.4, -0.2) is 21.0 Å². The van der Waals surface area contributed by atoms with Crippen LogP contribution in [0.25, 0.3) is 0 Å². The van der Waals surface area contributed by atoms with E-state index in [2.05, 4.69) is 5.10 Å². The lowest BCUT2D eigenvalue weighted by Crippen LogP contribution is -2.27. The average molecular weight is 195 g/mol. The van der Waals surface area contributed by atoms with Crippen molar-refractivity contribution in [2.45, 2.75) is 44.4 Å². The van der Waals surface area contributed by atoms with Crippen molar-refractivity contribution < 1.29 is 5.11 Å². The Labute approximate surface area is 83.7 Å². The fourth-order valence-electron chi connectivity index (χ4n) is 2.06. The molecule has 0 amide bonds. The van der Waals surface area contributed by atoms with Gasteiger partial charge in [0, 0.05) is 18.3 Å². The number of nitrogens with zero attached hydrogens (tertiary/aromatic N) is 2. The molecule has 1 aromatic heterocycles. The normalized spacial score (nSPS) is 27.9. The Kier molecular flexibility index (Phi) is 2.84. The van der Waals surface area contributed by atoms with Gasteiger partial charge in [-0.2, -0.15) is 5.10 Å². The summed E-state index contributed by atoms with van der Waals surface area (Å²) in [5, 5.41) is 14.1. The predicted molar refractivity (Wildman–Crippen MR) is 53.6 cm³/mol. The van der Waals surface area contributed by atoms with Crippen LogP contribution in [0.4, 0.5) is 0 Å². The molecule has 1 aromatic rings. The maximum atomic E-state index is 9.81. The van der Waals surface area contributed by atoms with Gasteiger partial charge in [-0.1, -0.05) is 12.8 Å². The molecule has 0 spiro atoms. The van der Waals surface area contributed by atoms with Gasteiger partial charge in [-0.3, -0.25) is 4.68 Å². The summed E-state index contributed by atoms with van der Waals surface area (Å²) in [4.78, 5) is 0. The van der Waals surface area contributed by atoms with Gasteiger partial charge in [-0.15, -0.1) is 0 Å². The molecule has 4 heteroatoms. The van der Waals surface area contributed by atoms with Crippen LogP contribution in [0.3, 0.4) is 0 Å². The number of aromatic nitrogens is 2. The summed E-state index contributed by atoms with van der Waals surface area (Å²) in [5.41, 5.74) is 6.54. The van der Waals surface area contributed by atoms with E-state index < -0.39 is 0 Å². The molecule has 3 N–H and O–H groups in total. The van der Waals surface area contributed by atoms with Gasteiger partial charge in [-0.25, -0.2) is 0 Å². The smallest absolute Gasteiger partial charge is 0.0778 e.